The van der Waals surface area contributed by atoms with Crippen LogP contribution in [0, 0.1) is 6.92 Å². The predicted octanol–water partition coefficient (Wildman–Crippen LogP) is 5.27. The number of aromatic nitrogens is 2. The maximum atomic E-state index is 13.0. The number of rotatable bonds is 4. The Morgan fingerprint density at radius 3 is 2.46 bits per heavy atom. The van der Waals surface area contributed by atoms with Crippen molar-refractivity contribution < 1.29 is 4.21 Å². The third kappa shape index (κ3) is 4.22. The fraction of sp³-hybridized carbons (Fsp3) is 0.409. The van der Waals surface area contributed by atoms with Crippen LogP contribution in [0.1, 0.15) is 51.5 Å². The molecule has 1 aliphatic carbocycles. The number of fused-ring (bicyclic) bond motifs is 1. The first-order valence-electron chi connectivity index (χ1n) is 10.1. The summed E-state index contributed by atoms with van der Waals surface area (Å²) < 4.78 is 14.7. The monoisotopic (exact) mass is 398 g/mol. The number of benzene rings is 1. The molecule has 2 aromatic heterocycles. The molecule has 0 aliphatic heterocycles. The van der Waals surface area contributed by atoms with Crippen LogP contribution in [0.2, 0.25) is 0 Å². The van der Waals surface area contributed by atoms with Crippen molar-refractivity contribution in [2.45, 2.75) is 63.8 Å². The summed E-state index contributed by atoms with van der Waals surface area (Å²) in [5, 5.41) is 4.54. The molecule has 6 heteroatoms. The van der Waals surface area contributed by atoms with Gasteiger partial charge in [-0.25, -0.2) is 13.2 Å². The average Bonchev–Trinajstić information content (AvgIpc) is 3.17. The van der Waals surface area contributed by atoms with Gasteiger partial charge in [-0.1, -0.05) is 50.8 Å². The van der Waals surface area contributed by atoms with Gasteiger partial charge in [-0.3, -0.25) is 0 Å². The van der Waals surface area contributed by atoms with Gasteiger partial charge in [0.05, 0.1) is 22.5 Å². The second kappa shape index (κ2) is 9.24. The molecule has 1 aliphatic rings. The van der Waals surface area contributed by atoms with Crippen LogP contribution in [0.25, 0.3) is 11.0 Å². The van der Waals surface area contributed by atoms with Crippen LogP contribution in [0.4, 0.5) is 11.4 Å². The van der Waals surface area contributed by atoms with E-state index in [9.17, 15) is 4.21 Å². The van der Waals surface area contributed by atoms with Crippen LogP contribution in [0.3, 0.4) is 0 Å². The van der Waals surface area contributed by atoms with Gasteiger partial charge in [0.1, 0.15) is 0 Å². The van der Waals surface area contributed by atoms with E-state index in [2.05, 4.69) is 10.3 Å². The zero-order valence-corrected chi connectivity index (χ0v) is 17.8. The molecule has 5 nitrogen and oxygen atoms in total. The number of aryl methyl sites for hydroxylation is 1. The Bertz CT molecular complexity index is 943. The Hall–Kier alpha value is -2.34. The van der Waals surface area contributed by atoms with E-state index in [4.69, 9.17) is 5.73 Å². The summed E-state index contributed by atoms with van der Waals surface area (Å²) in [5.74, 6) is 0. The number of anilines is 2. The summed E-state index contributed by atoms with van der Waals surface area (Å²) >= 11 is 0. The Labute approximate surface area is 169 Å². The molecule has 2 heterocycles. The fourth-order valence-electron chi connectivity index (χ4n) is 3.59. The summed E-state index contributed by atoms with van der Waals surface area (Å²) in [6.07, 6.45) is 9.65. The molecular weight excluding hydrogens is 368 g/mol. The third-order valence-electron chi connectivity index (χ3n) is 5.07. The van der Waals surface area contributed by atoms with E-state index in [0.717, 1.165) is 21.5 Å². The minimum Gasteiger partial charge on any atom is -0.396 e. The smallest absolute Gasteiger partial charge is 0.158 e. The number of hydrogen-bond donors (Lipinski definition) is 2. The molecule has 0 spiro atoms. The Kier molecular flexibility index (Phi) is 6.73. The van der Waals surface area contributed by atoms with Gasteiger partial charge in [0.2, 0.25) is 0 Å². The van der Waals surface area contributed by atoms with Crippen LogP contribution in [-0.2, 0) is 11.0 Å². The van der Waals surface area contributed by atoms with Crippen molar-refractivity contribution >= 4 is 33.4 Å². The van der Waals surface area contributed by atoms with E-state index >= 15 is 0 Å². The highest BCUT2D eigenvalue weighted by atomic mass is 32.2. The Morgan fingerprint density at radius 2 is 1.79 bits per heavy atom. The lowest BCUT2D eigenvalue weighted by atomic mass is 9.95. The number of nitrogens with two attached hydrogens (primary N) is 1. The molecule has 1 atom stereocenters. The molecule has 0 saturated heterocycles. The molecule has 4 rings (SSSR count). The van der Waals surface area contributed by atoms with Gasteiger partial charge < -0.3 is 11.1 Å². The van der Waals surface area contributed by atoms with E-state index in [-0.39, 0.29) is 0 Å². The first-order valence-corrected chi connectivity index (χ1v) is 11.2. The predicted molar refractivity (Wildman–Crippen MR) is 119 cm³/mol. The van der Waals surface area contributed by atoms with Gasteiger partial charge in [-0.05, 0) is 38.0 Å². The first kappa shape index (κ1) is 20.4. The molecule has 1 aromatic carbocycles. The number of nitrogen functional groups attached to an aromatic ring is 1. The molecule has 1 saturated carbocycles. The first-order chi connectivity index (χ1) is 13.6. The summed E-state index contributed by atoms with van der Waals surface area (Å²) in [5.41, 5.74) is 9.60. The van der Waals surface area contributed by atoms with Crippen LogP contribution in [0.5, 0.6) is 0 Å². The molecule has 3 aromatic rings. The molecule has 0 amide bonds. The van der Waals surface area contributed by atoms with Gasteiger partial charge in [0.15, 0.2) is 16.6 Å². The summed E-state index contributed by atoms with van der Waals surface area (Å²) in [7, 11) is -1.33. The fourth-order valence-corrected chi connectivity index (χ4v) is 4.66. The van der Waals surface area contributed by atoms with Crippen molar-refractivity contribution in [1.29, 1.82) is 0 Å². The maximum absolute atomic E-state index is 13.0. The highest BCUT2D eigenvalue weighted by Gasteiger charge is 2.19. The lowest BCUT2D eigenvalue weighted by molar-refractivity contribution is 0.463. The SMILES string of the molecule is CC.Cc1ccc(S(=O)n2ccc3c(NC4CCCCC4)c(N)cnc32)cc1. The molecule has 1 fully saturated rings. The standard InChI is InChI=1S/C20H24N4OS.C2H6/c1-14-7-9-16(10-8-14)26(25)24-12-11-17-19(18(21)13-22-20(17)24)23-15-5-3-2-4-6-15;1-2/h7-13,15H,2-6,21H2,1H3,(H,22,23);1-2H3. The van der Waals surface area contributed by atoms with Crippen molar-refractivity contribution in [2.75, 3.05) is 11.1 Å². The van der Waals surface area contributed by atoms with Gasteiger partial charge in [-0.2, -0.15) is 0 Å². The number of nitrogens with zero attached hydrogens (tertiary/aromatic N) is 2. The van der Waals surface area contributed by atoms with E-state index in [1.165, 1.54) is 32.1 Å². The van der Waals surface area contributed by atoms with Crippen molar-refractivity contribution in [3.8, 4) is 0 Å². The lowest BCUT2D eigenvalue weighted by Gasteiger charge is -2.25. The minimum atomic E-state index is -1.33. The zero-order valence-electron chi connectivity index (χ0n) is 16.9. The highest BCUT2D eigenvalue weighted by molar-refractivity contribution is 7.83. The van der Waals surface area contributed by atoms with E-state index in [1.807, 2.05) is 57.3 Å². The zero-order chi connectivity index (χ0) is 20.1. The van der Waals surface area contributed by atoms with Gasteiger partial charge in [-0.15, -0.1) is 0 Å². The van der Waals surface area contributed by atoms with Crippen LogP contribution in [0.15, 0.2) is 47.6 Å². The van der Waals surface area contributed by atoms with Crippen LogP contribution < -0.4 is 11.1 Å². The second-order valence-corrected chi connectivity index (χ2v) is 8.37. The quantitative estimate of drug-likeness (QED) is 0.628. The lowest BCUT2D eigenvalue weighted by Crippen LogP contribution is -2.23. The van der Waals surface area contributed by atoms with Crippen LogP contribution in [-0.4, -0.2) is 19.2 Å². The molecule has 1 unspecified atom stereocenters. The normalized spacial score (nSPS) is 15.7. The summed E-state index contributed by atoms with van der Waals surface area (Å²) in [4.78, 5) is 5.22. The molecular formula is C22H30N4OS. The molecule has 150 valence electrons. The van der Waals surface area contributed by atoms with Gasteiger partial charge in [0.25, 0.3) is 0 Å². The average molecular weight is 399 g/mol. The largest absolute Gasteiger partial charge is 0.396 e. The molecule has 0 radical (unpaired) electrons. The van der Waals surface area contributed by atoms with E-state index in [1.54, 1.807) is 10.2 Å². The van der Waals surface area contributed by atoms with Gasteiger partial charge in [0, 0.05) is 17.6 Å². The summed E-state index contributed by atoms with van der Waals surface area (Å²) in [6.45, 7) is 6.02. The third-order valence-corrected chi connectivity index (χ3v) is 6.39. The van der Waals surface area contributed by atoms with Crippen molar-refractivity contribution in [2.24, 2.45) is 0 Å². The number of nitrogens with one attached hydrogen (secondary N) is 1. The number of pyridine rings is 1. The maximum Gasteiger partial charge on any atom is 0.158 e. The van der Waals surface area contributed by atoms with Crippen molar-refractivity contribution in [3.63, 3.8) is 0 Å². The molecule has 3 N–H and O–H groups in total. The topological polar surface area (TPSA) is 72.9 Å². The van der Waals surface area contributed by atoms with E-state index in [0.29, 0.717) is 17.4 Å². The Balaban J connectivity index is 0.00000109. The van der Waals surface area contributed by atoms with Crippen molar-refractivity contribution in [1.82, 2.24) is 8.96 Å². The summed E-state index contributed by atoms with van der Waals surface area (Å²) in [6, 6.07) is 10.1. The molecule has 28 heavy (non-hydrogen) atoms. The number of hydrogen-bond acceptors (Lipinski definition) is 4. The minimum absolute atomic E-state index is 0.447. The highest BCUT2D eigenvalue weighted by Crippen LogP contribution is 2.32. The molecule has 0 bridgehead atoms. The van der Waals surface area contributed by atoms with Crippen molar-refractivity contribution in [3.05, 3.63) is 48.3 Å². The van der Waals surface area contributed by atoms with Crippen LogP contribution >= 0.6 is 0 Å². The van der Waals surface area contributed by atoms with E-state index < -0.39 is 11.0 Å². The Morgan fingerprint density at radius 1 is 1.11 bits per heavy atom. The second-order valence-electron chi connectivity index (χ2n) is 7.01. The van der Waals surface area contributed by atoms with Gasteiger partial charge >= 0.3 is 0 Å².